The molecule has 5 nitrogen and oxygen atoms in total. The van der Waals surface area contributed by atoms with Crippen LogP contribution in [0.4, 0.5) is 5.69 Å². The Kier molecular flexibility index (Phi) is 5.31. The first kappa shape index (κ1) is 15.5. The summed E-state index contributed by atoms with van der Waals surface area (Å²) in [6.45, 7) is 4.22. The van der Waals surface area contributed by atoms with Gasteiger partial charge in [0.05, 0.1) is 20.8 Å². The number of hydrogen-bond acceptors (Lipinski definition) is 4. The third-order valence-corrected chi connectivity index (χ3v) is 3.80. The van der Waals surface area contributed by atoms with E-state index in [0.29, 0.717) is 24.0 Å². The fourth-order valence-corrected chi connectivity index (χ4v) is 2.61. The average molecular weight is 292 g/mol. The van der Waals surface area contributed by atoms with Crippen LogP contribution < -0.4 is 14.8 Å². The van der Waals surface area contributed by atoms with Gasteiger partial charge in [0.15, 0.2) is 0 Å². The molecule has 1 aliphatic rings. The van der Waals surface area contributed by atoms with Gasteiger partial charge in [0.1, 0.15) is 11.5 Å². The van der Waals surface area contributed by atoms with Crippen LogP contribution in [0.3, 0.4) is 0 Å². The van der Waals surface area contributed by atoms with E-state index in [0.717, 1.165) is 25.2 Å². The molecule has 1 aromatic carbocycles. The molecule has 0 aromatic heterocycles. The largest absolute Gasteiger partial charge is 0.497 e. The van der Waals surface area contributed by atoms with Crippen molar-refractivity contribution < 1.29 is 14.3 Å². The average Bonchev–Trinajstić information content (AvgIpc) is 2.52. The minimum absolute atomic E-state index is 0.142. The van der Waals surface area contributed by atoms with Gasteiger partial charge in [-0.25, -0.2) is 0 Å². The number of carbonyl (C=O) groups excluding carboxylic acids is 1. The molecule has 21 heavy (non-hydrogen) atoms. The van der Waals surface area contributed by atoms with Crippen LogP contribution in [-0.2, 0) is 4.79 Å². The van der Waals surface area contributed by atoms with Crippen molar-refractivity contribution >= 4 is 11.6 Å². The number of methoxy groups -OCH3 is 2. The van der Waals surface area contributed by atoms with E-state index in [1.165, 1.54) is 6.42 Å². The Hall–Kier alpha value is -1.91. The molecule has 0 saturated carbocycles. The van der Waals surface area contributed by atoms with Gasteiger partial charge in [-0.05, 0) is 18.8 Å². The highest BCUT2D eigenvalue weighted by molar-refractivity contribution is 5.81. The molecular formula is C16H24N2O3. The Labute approximate surface area is 126 Å². The van der Waals surface area contributed by atoms with Gasteiger partial charge in [0.2, 0.25) is 5.91 Å². The Bertz CT molecular complexity index is 468. The van der Waals surface area contributed by atoms with Crippen LogP contribution in [-0.4, -0.2) is 44.7 Å². The quantitative estimate of drug-likeness (QED) is 0.905. The number of amides is 1. The van der Waals surface area contributed by atoms with Gasteiger partial charge in [0, 0.05) is 37.0 Å². The van der Waals surface area contributed by atoms with Crippen molar-refractivity contribution in [3.05, 3.63) is 18.2 Å². The summed E-state index contributed by atoms with van der Waals surface area (Å²) in [5.74, 6) is 2.15. The van der Waals surface area contributed by atoms with E-state index in [2.05, 4.69) is 12.2 Å². The minimum Gasteiger partial charge on any atom is -0.497 e. The molecule has 1 atom stereocenters. The molecule has 1 heterocycles. The highest BCUT2D eigenvalue weighted by atomic mass is 16.5. The predicted molar refractivity (Wildman–Crippen MR) is 83.0 cm³/mol. The smallest absolute Gasteiger partial charge is 0.241 e. The van der Waals surface area contributed by atoms with Gasteiger partial charge >= 0.3 is 0 Å². The third-order valence-electron chi connectivity index (χ3n) is 3.80. The molecule has 1 N–H and O–H groups in total. The summed E-state index contributed by atoms with van der Waals surface area (Å²) in [6, 6.07) is 5.52. The van der Waals surface area contributed by atoms with E-state index in [9.17, 15) is 4.79 Å². The molecule has 116 valence electrons. The molecule has 0 radical (unpaired) electrons. The first-order valence-electron chi connectivity index (χ1n) is 7.37. The van der Waals surface area contributed by atoms with Crippen molar-refractivity contribution in [1.82, 2.24) is 4.90 Å². The maximum Gasteiger partial charge on any atom is 0.241 e. The molecule has 2 rings (SSSR count). The molecule has 1 fully saturated rings. The zero-order valence-electron chi connectivity index (χ0n) is 13.0. The van der Waals surface area contributed by atoms with Gasteiger partial charge in [-0.15, -0.1) is 0 Å². The Morgan fingerprint density at radius 3 is 2.52 bits per heavy atom. The molecule has 1 aromatic rings. The maximum atomic E-state index is 12.2. The van der Waals surface area contributed by atoms with E-state index >= 15 is 0 Å². The first-order valence-corrected chi connectivity index (χ1v) is 7.37. The van der Waals surface area contributed by atoms with Gasteiger partial charge in [0.25, 0.3) is 0 Å². The second kappa shape index (κ2) is 7.20. The molecular weight excluding hydrogens is 268 g/mol. The summed E-state index contributed by atoms with van der Waals surface area (Å²) < 4.78 is 10.4. The van der Waals surface area contributed by atoms with Crippen molar-refractivity contribution in [3.63, 3.8) is 0 Å². The number of likely N-dealkylation sites (tertiary alicyclic amines) is 1. The number of hydrogen-bond donors (Lipinski definition) is 1. The van der Waals surface area contributed by atoms with Crippen molar-refractivity contribution in [2.24, 2.45) is 5.92 Å². The fraction of sp³-hybridized carbons (Fsp3) is 0.562. The van der Waals surface area contributed by atoms with Crippen LogP contribution in [0.25, 0.3) is 0 Å². The summed E-state index contributed by atoms with van der Waals surface area (Å²) in [7, 11) is 3.22. The highest BCUT2D eigenvalue weighted by Gasteiger charge is 2.20. The summed E-state index contributed by atoms with van der Waals surface area (Å²) in [4.78, 5) is 14.2. The number of rotatable bonds is 5. The Morgan fingerprint density at radius 1 is 1.29 bits per heavy atom. The van der Waals surface area contributed by atoms with E-state index in [1.807, 2.05) is 17.0 Å². The van der Waals surface area contributed by atoms with E-state index in [1.54, 1.807) is 20.3 Å². The molecule has 1 unspecified atom stereocenters. The van der Waals surface area contributed by atoms with E-state index in [-0.39, 0.29) is 5.91 Å². The second-order valence-corrected chi connectivity index (χ2v) is 5.54. The molecule has 1 amide bonds. The lowest BCUT2D eigenvalue weighted by Gasteiger charge is -2.31. The monoisotopic (exact) mass is 292 g/mol. The van der Waals surface area contributed by atoms with Crippen LogP contribution in [0.15, 0.2) is 18.2 Å². The zero-order chi connectivity index (χ0) is 15.2. The normalized spacial score (nSPS) is 18.2. The van der Waals surface area contributed by atoms with Gasteiger partial charge in [-0.1, -0.05) is 6.92 Å². The number of nitrogens with zero attached hydrogens (tertiary/aromatic N) is 1. The topological polar surface area (TPSA) is 50.8 Å². The SMILES string of the molecule is COc1cc(NCC(=O)N2CCCC(C)C2)cc(OC)c1. The number of ether oxygens (including phenoxy) is 2. The van der Waals surface area contributed by atoms with Crippen LogP contribution in [0, 0.1) is 5.92 Å². The molecule has 0 bridgehead atoms. The molecule has 5 heteroatoms. The molecule has 0 aliphatic carbocycles. The second-order valence-electron chi connectivity index (χ2n) is 5.54. The van der Waals surface area contributed by atoms with Crippen molar-refractivity contribution in [3.8, 4) is 11.5 Å². The third kappa shape index (κ3) is 4.28. The lowest BCUT2D eigenvalue weighted by Crippen LogP contribution is -2.41. The lowest BCUT2D eigenvalue weighted by atomic mass is 10.0. The van der Waals surface area contributed by atoms with Crippen molar-refractivity contribution in [2.45, 2.75) is 19.8 Å². The summed E-state index contributed by atoms with van der Waals surface area (Å²) in [6.07, 6.45) is 2.31. The standard InChI is InChI=1S/C16H24N2O3/c1-12-5-4-6-18(11-12)16(19)10-17-13-7-14(20-2)9-15(8-13)21-3/h7-9,12,17H,4-6,10-11H2,1-3H3. The number of carbonyl (C=O) groups is 1. The predicted octanol–water partition coefficient (Wildman–Crippen LogP) is 2.37. The molecule has 1 aliphatic heterocycles. The number of anilines is 1. The maximum absolute atomic E-state index is 12.2. The number of benzene rings is 1. The van der Waals surface area contributed by atoms with Gasteiger partial charge < -0.3 is 19.7 Å². The lowest BCUT2D eigenvalue weighted by molar-refractivity contribution is -0.130. The van der Waals surface area contributed by atoms with Gasteiger partial charge in [-0.2, -0.15) is 0 Å². The van der Waals surface area contributed by atoms with Crippen molar-refractivity contribution in [2.75, 3.05) is 39.2 Å². The van der Waals surface area contributed by atoms with Crippen LogP contribution in [0.5, 0.6) is 11.5 Å². The van der Waals surface area contributed by atoms with E-state index in [4.69, 9.17) is 9.47 Å². The Balaban J connectivity index is 1.94. The summed E-state index contributed by atoms with van der Waals surface area (Å²) >= 11 is 0. The van der Waals surface area contributed by atoms with Crippen LogP contribution in [0.2, 0.25) is 0 Å². The van der Waals surface area contributed by atoms with Gasteiger partial charge in [-0.3, -0.25) is 4.79 Å². The summed E-state index contributed by atoms with van der Waals surface area (Å²) in [5, 5.41) is 3.15. The number of piperidine rings is 1. The molecule has 0 spiro atoms. The van der Waals surface area contributed by atoms with E-state index < -0.39 is 0 Å². The number of nitrogens with one attached hydrogen (secondary N) is 1. The zero-order valence-corrected chi connectivity index (χ0v) is 13.0. The van der Waals surface area contributed by atoms with Crippen molar-refractivity contribution in [1.29, 1.82) is 0 Å². The summed E-state index contributed by atoms with van der Waals surface area (Å²) in [5.41, 5.74) is 0.824. The van der Waals surface area contributed by atoms with Crippen LogP contribution >= 0.6 is 0 Å². The molecule has 1 saturated heterocycles. The van der Waals surface area contributed by atoms with Crippen LogP contribution in [0.1, 0.15) is 19.8 Å². The fourth-order valence-electron chi connectivity index (χ4n) is 2.61. The first-order chi connectivity index (χ1) is 10.1. The highest BCUT2D eigenvalue weighted by Crippen LogP contribution is 2.25. The minimum atomic E-state index is 0.142. The Morgan fingerprint density at radius 2 is 1.95 bits per heavy atom.